The van der Waals surface area contributed by atoms with E-state index < -0.39 is 4.92 Å². The van der Waals surface area contributed by atoms with Crippen LogP contribution in [0.2, 0.25) is 5.02 Å². The van der Waals surface area contributed by atoms with E-state index in [2.05, 4.69) is 30.8 Å². The number of hydrazone groups is 1. The Morgan fingerprint density at radius 2 is 1.84 bits per heavy atom. The monoisotopic (exact) mass is 454 g/mol. The molecule has 2 N–H and O–H groups in total. The van der Waals surface area contributed by atoms with Gasteiger partial charge in [-0.25, -0.2) is 5.43 Å². The first-order valence-electron chi connectivity index (χ1n) is 9.72. The second kappa shape index (κ2) is 9.98. The molecular weight excluding hydrogens is 436 g/mol. The lowest BCUT2D eigenvalue weighted by atomic mass is 10.2. The van der Waals surface area contributed by atoms with Crippen LogP contribution in [0.3, 0.4) is 0 Å². The Bertz CT molecular complexity index is 1120. The Hall–Kier alpha value is -3.83. The van der Waals surface area contributed by atoms with Crippen LogP contribution < -0.4 is 15.6 Å². The van der Waals surface area contributed by atoms with Gasteiger partial charge in [0.1, 0.15) is 0 Å². The molecule has 0 atom stereocenters. The minimum atomic E-state index is -0.455. The lowest BCUT2D eigenvalue weighted by Gasteiger charge is -2.27. The number of morpholine rings is 1. The molecule has 2 aromatic carbocycles. The summed E-state index contributed by atoms with van der Waals surface area (Å²) >= 11 is 6.00. The topological polar surface area (TPSA) is 131 Å². The zero-order chi connectivity index (χ0) is 22.3. The zero-order valence-corrected chi connectivity index (χ0v) is 17.6. The smallest absolute Gasteiger partial charge is 0.269 e. The third kappa shape index (κ3) is 5.65. The zero-order valence-electron chi connectivity index (χ0n) is 16.8. The van der Waals surface area contributed by atoms with Gasteiger partial charge < -0.3 is 15.0 Å². The van der Waals surface area contributed by atoms with Crippen molar-refractivity contribution in [3.8, 4) is 0 Å². The number of nitro benzene ring substituents is 1. The number of nitrogens with one attached hydrogen (secondary N) is 2. The van der Waals surface area contributed by atoms with Gasteiger partial charge in [-0.3, -0.25) is 10.1 Å². The maximum atomic E-state index is 10.9. The Balaban J connectivity index is 1.56. The van der Waals surface area contributed by atoms with Gasteiger partial charge in [0.25, 0.3) is 5.69 Å². The number of nitro groups is 1. The van der Waals surface area contributed by atoms with Crippen molar-refractivity contribution in [3.05, 3.63) is 69.2 Å². The molecule has 2 heterocycles. The van der Waals surface area contributed by atoms with Crippen LogP contribution >= 0.6 is 11.6 Å². The molecule has 0 amide bonds. The molecule has 0 radical (unpaired) electrons. The van der Waals surface area contributed by atoms with E-state index in [1.165, 1.54) is 12.1 Å². The Labute approximate surface area is 188 Å². The number of hydrogen-bond acceptors (Lipinski definition) is 10. The van der Waals surface area contributed by atoms with Crippen molar-refractivity contribution >= 4 is 47.0 Å². The average Bonchev–Trinajstić information content (AvgIpc) is 2.80. The minimum absolute atomic E-state index is 0.00193. The number of hydrogen-bond donors (Lipinski definition) is 2. The fraction of sp³-hybridized carbons (Fsp3) is 0.200. The largest absolute Gasteiger partial charge is 0.378 e. The van der Waals surface area contributed by atoms with Gasteiger partial charge in [0, 0.05) is 35.9 Å². The number of anilines is 4. The number of aromatic nitrogens is 3. The summed E-state index contributed by atoms with van der Waals surface area (Å²) in [6.07, 6.45) is 1.60. The van der Waals surface area contributed by atoms with Crippen molar-refractivity contribution in [2.24, 2.45) is 5.10 Å². The van der Waals surface area contributed by atoms with Gasteiger partial charge >= 0.3 is 0 Å². The van der Waals surface area contributed by atoms with E-state index in [9.17, 15) is 10.1 Å². The van der Waals surface area contributed by atoms with Crippen LogP contribution in [0, 0.1) is 10.1 Å². The molecule has 164 valence electrons. The highest BCUT2D eigenvalue weighted by atomic mass is 35.5. The van der Waals surface area contributed by atoms with E-state index in [0.717, 1.165) is 5.56 Å². The van der Waals surface area contributed by atoms with Crippen LogP contribution in [-0.2, 0) is 4.74 Å². The molecule has 3 aromatic rings. The normalized spacial score (nSPS) is 13.8. The summed E-state index contributed by atoms with van der Waals surface area (Å²) in [4.78, 5) is 25.7. The highest BCUT2D eigenvalue weighted by Gasteiger charge is 2.17. The predicted molar refractivity (Wildman–Crippen MR) is 122 cm³/mol. The van der Waals surface area contributed by atoms with Crippen LogP contribution in [0.25, 0.3) is 0 Å². The molecule has 0 aliphatic carbocycles. The number of nitrogens with zero attached hydrogens (tertiary/aromatic N) is 6. The number of rotatable bonds is 7. The van der Waals surface area contributed by atoms with Crippen molar-refractivity contribution < 1.29 is 9.66 Å². The SMILES string of the molecule is O=[N+]([O-])c1ccc(Nc2nc(NN=Cc3cccc(Cl)c3)nc(N3CCOCC3)n2)cc1. The second-order valence-corrected chi connectivity index (χ2v) is 7.17. The third-order valence-corrected chi connectivity index (χ3v) is 4.71. The van der Waals surface area contributed by atoms with E-state index in [4.69, 9.17) is 16.3 Å². The number of non-ortho nitro benzene ring substituents is 1. The molecule has 0 spiro atoms. The highest BCUT2D eigenvalue weighted by molar-refractivity contribution is 6.30. The summed E-state index contributed by atoms with van der Waals surface area (Å²) in [5.74, 6) is 0.980. The van der Waals surface area contributed by atoms with E-state index in [1.54, 1.807) is 30.5 Å². The summed E-state index contributed by atoms with van der Waals surface area (Å²) in [6.45, 7) is 2.44. The van der Waals surface area contributed by atoms with Gasteiger partial charge in [-0.2, -0.15) is 20.1 Å². The number of benzene rings is 2. The van der Waals surface area contributed by atoms with E-state index in [0.29, 0.717) is 43.0 Å². The lowest BCUT2D eigenvalue weighted by molar-refractivity contribution is -0.384. The summed E-state index contributed by atoms with van der Waals surface area (Å²) in [5.41, 5.74) is 4.23. The third-order valence-electron chi connectivity index (χ3n) is 4.48. The number of halogens is 1. The first-order chi connectivity index (χ1) is 15.6. The summed E-state index contributed by atoms with van der Waals surface area (Å²) in [7, 11) is 0. The summed E-state index contributed by atoms with van der Waals surface area (Å²) in [6, 6.07) is 13.2. The summed E-state index contributed by atoms with van der Waals surface area (Å²) < 4.78 is 5.40. The van der Waals surface area contributed by atoms with Crippen LogP contribution in [-0.4, -0.2) is 52.4 Å². The first kappa shape index (κ1) is 21.4. The van der Waals surface area contributed by atoms with E-state index in [1.807, 2.05) is 17.0 Å². The number of ether oxygens (including phenoxy) is 1. The quantitative estimate of drug-likeness (QED) is 0.313. The van der Waals surface area contributed by atoms with Gasteiger partial charge in [-0.15, -0.1) is 0 Å². The van der Waals surface area contributed by atoms with Crippen LogP contribution in [0.5, 0.6) is 0 Å². The van der Waals surface area contributed by atoms with Crippen LogP contribution in [0.1, 0.15) is 5.56 Å². The van der Waals surface area contributed by atoms with Crippen molar-refractivity contribution in [3.63, 3.8) is 0 Å². The van der Waals surface area contributed by atoms with Gasteiger partial charge in [0.05, 0.1) is 24.4 Å². The van der Waals surface area contributed by atoms with Crippen molar-refractivity contribution in [1.29, 1.82) is 0 Å². The van der Waals surface area contributed by atoms with E-state index in [-0.39, 0.29) is 17.6 Å². The molecule has 0 unspecified atom stereocenters. The molecule has 12 heteroatoms. The molecule has 32 heavy (non-hydrogen) atoms. The van der Waals surface area contributed by atoms with Gasteiger partial charge in [-0.1, -0.05) is 23.7 Å². The molecule has 1 aromatic heterocycles. The maximum absolute atomic E-state index is 10.9. The first-order valence-corrected chi connectivity index (χ1v) is 10.1. The molecule has 1 aliphatic rings. The standard InChI is InChI=1S/C20H19ClN8O3/c21-15-3-1-2-14(12-15)13-22-27-19-24-18(23-16-4-6-17(7-5-16)29(30)31)25-20(26-19)28-8-10-32-11-9-28/h1-7,12-13H,8-11H2,(H2,23,24,25,26,27). The van der Waals surface area contributed by atoms with Crippen LogP contribution in [0.4, 0.5) is 29.2 Å². The van der Waals surface area contributed by atoms with Gasteiger partial charge in [0.15, 0.2) is 0 Å². The van der Waals surface area contributed by atoms with Crippen LogP contribution in [0.15, 0.2) is 53.6 Å². The average molecular weight is 455 g/mol. The Morgan fingerprint density at radius 3 is 2.56 bits per heavy atom. The molecule has 1 aliphatic heterocycles. The highest BCUT2D eigenvalue weighted by Crippen LogP contribution is 2.21. The fourth-order valence-corrected chi connectivity index (χ4v) is 3.12. The molecule has 0 bridgehead atoms. The van der Waals surface area contributed by atoms with Gasteiger partial charge in [0.2, 0.25) is 17.8 Å². The van der Waals surface area contributed by atoms with Crippen molar-refractivity contribution in [2.45, 2.75) is 0 Å². The minimum Gasteiger partial charge on any atom is -0.378 e. The summed E-state index contributed by atoms with van der Waals surface area (Å²) in [5, 5.41) is 18.7. The molecule has 1 saturated heterocycles. The van der Waals surface area contributed by atoms with Crippen molar-refractivity contribution in [2.75, 3.05) is 41.9 Å². The second-order valence-electron chi connectivity index (χ2n) is 6.74. The Morgan fingerprint density at radius 1 is 1.09 bits per heavy atom. The lowest BCUT2D eigenvalue weighted by Crippen LogP contribution is -2.37. The Kier molecular flexibility index (Phi) is 6.68. The maximum Gasteiger partial charge on any atom is 0.269 e. The van der Waals surface area contributed by atoms with Crippen molar-refractivity contribution in [1.82, 2.24) is 15.0 Å². The fourth-order valence-electron chi connectivity index (χ4n) is 2.92. The molecule has 0 saturated carbocycles. The molecular formula is C20H19ClN8O3. The predicted octanol–water partition coefficient (Wildman–Crippen LogP) is 3.46. The van der Waals surface area contributed by atoms with E-state index >= 15 is 0 Å². The molecule has 4 rings (SSSR count). The molecule has 11 nitrogen and oxygen atoms in total. The molecule has 1 fully saturated rings. The van der Waals surface area contributed by atoms with Gasteiger partial charge in [-0.05, 0) is 29.8 Å².